The molecule has 0 saturated heterocycles. The molecule has 0 radical (unpaired) electrons. The highest BCUT2D eigenvalue weighted by Gasteiger charge is 1.43. The van der Waals surface area contributed by atoms with Gasteiger partial charge in [-0.2, -0.15) is 0 Å². The van der Waals surface area contributed by atoms with Crippen LogP contribution in [0, 0.1) is 5.41 Å². The molecule has 2 nitrogen and oxygen atoms in total. The number of nitrogens with zero attached hydrogens (tertiary/aromatic N) is 1. The molecule has 0 aromatic heterocycles. The van der Waals surface area contributed by atoms with Crippen molar-refractivity contribution in [1.29, 1.82) is 5.41 Å². The van der Waals surface area contributed by atoms with E-state index >= 15 is 0 Å². The molecule has 0 spiro atoms. The van der Waals surface area contributed by atoms with Gasteiger partial charge in [-0.3, -0.25) is 4.99 Å². The third kappa shape index (κ3) is 3.34. The van der Waals surface area contributed by atoms with Gasteiger partial charge in [-0.25, -0.2) is 0 Å². The second-order valence-corrected chi connectivity index (χ2v) is 0.574. The first-order valence-electron chi connectivity index (χ1n) is 1.33. The summed E-state index contributed by atoms with van der Waals surface area (Å²) in [4.78, 5) is 3.49. The Hall–Kier alpha value is -0.660. The Balaban J connectivity index is 2.92. The van der Waals surface area contributed by atoms with E-state index in [0.29, 0.717) is 0 Å². The molecule has 0 aliphatic heterocycles. The molecule has 0 saturated carbocycles. The molecule has 0 bridgehead atoms. The zero-order chi connectivity index (χ0) is 4.12. The van der Waals surface area contributed by atoms with Crippen LogP contribution in [0.2, 0.25) is 0 Å². The number of rotatable bonds is 1. The van der Waals surface area contributed by atoms with Gasteiger partial charge in [0.15, 0.2) is 0 Å². The van der Waals surface area contributed by atoms with Crippen molar-refractivity contribution in [3.8, 4) is 0 Å². The summed E-state index contributed by atoms with van der Waals surface area (Å²) in [6.07, 6.45) is 2.56. The average Bonchev–Trinajstić information content (AvgIpc) is 1.41. The van der Waals surface area contributed by atoms with E-state index in [1.165, 1.54) is 6.21 Å². The Kier molecular flexibility index (Phi) is 2.90. The summed E-state index contributed by atoms with van der Waals surface area (Å²) in [5, 5.41) is 6.33. The maximum absolute atomic E-state index is 6.33. The van der Waals surface area contributed by atoms with E-state index in [1.54, 1.807) is 7.05 Å². The molecular weight excluding hydrogens is 64.0 g/mol. The van der Waals surface area contributed by atoms with Crippen LogP contribution in [0.4, 0.5) is 0 Å². The molecule has 0 atom stereocenters. The van der Waals surface area contributed by atoms with Crippen LogP contribution in [0.3, 0.4) is 0 Å². The van der Waals surface area contributed by atoms with Gasteiger partial charge in [-0.05, 0) is 0 Å². The van der Waals surface area contributed by atoms with Gasteiger partial charge in [0, 0.05) is 19.5 Å². The fraction of sp³-hybridized carbons (Fsp3) is 0.333. The number of nitrogens with one attached hydrogen (secondary N) is 1. The van der Waals surface area contributed by atoms with Crippen molar-refractivity contribution >= 4 is 12.4 Å². The van der Waals surface area contributed by atoms with Gasteiger partial charge in [0.25, 0.3) is 0 Å². The highest BCUT2D eigenvalue weighted by Crippen LogP contribution is 1.39. The summed E-state index contributed by atoms with van der Waals surface area (Å²) in [6.45, 7) is 0. The fourth-order valence-electron chi connectivity index (χ4n) is 0.0745. The third-order valence-corrected chi connectivity index (χ3v) is 0.224. The minimum atomic E-state index is 1.14. The molecule has 0 amide bonds. The minimum absolute atomic E-state index is 1.14. The standard InChI is InChI=1S/C3H6N2/c1-5-3-2-4/h2-4H,1H3/b4-2?,5-3+. The number of hydrogen-bond acceptors (Lipinski definition) is 2. The molecule has 0 fully saturated rings. The minimum Gasteiger partial charge on any atom is -0.307 e. The van der Waals surface area contributed by atoms with E-state index in [-0.39, 0.29) is 0 Å². The van der Waals surface area contributed by atoms with E-state index in [9.17, 15) is 0 Å². The van der Waals surface area contributed by atoms with Crippen LogP contribution < -0.4 is 0 Å². The molecule has 0 aromatic rings. The van der Waals surface area contributed by atoms with Crippen LogP contribution in [0.15, 0.2) is 4.99 Å². The highest BCUT2D eigenvalue weighted by molar-refractivity contribution is 6.14. The van der Waals surface area contributed by atoms with Crippen LogP contribution >= 0.6 is 0 Å². The van der Waals surface area contributed by atoms with Crippen LogP contribution in [-0.4, -0.2) is 19.5 Å². The lowest BCUT2D eigenvalue weighted by atomic mass is 10.8. The molecule has 5 heavy (non-hydrogen) atoms. The van der Waals surface area contributed by atoms with Gasteiger partial charge in [-0.1, -0.05) is 0 Å². The van der Waals surface area contributed by atoms with Crippen molar-refractivity contribution in [2.45, 2.75) is 0 Å². The lowest BCUT2D eigenvalue weighted by Crippen LogP contribution is -1.65. The zero-order valence-electron chi connectivity index (χ0n) is 3.10. The van der Waals surface area contributed by atoms with Gasteiger partial charge >= 0.3 is 0 Å². The lowest BCUT2D eigenvalue weighted by molar-refractivity contribution is 1.48. The van der Waals surface area contributed by atoms with Gasteiger partial charge < -0.3 is 5.41 Å². The second kappa shape index (κ2) is 3.34. The smallest absolute Gasteiger partial charge is 0.0384 e. The van der Waals surface area contributed by atoms with Crippen molar-refractivity contribution in [2.75, 3.05) is 7.05 Å². The average molecular weight is 70.1 g/mol. The molecule has 0 aliphatic rings. The van der Waals surface area contributed by atoms with Gasteiger partial charge in [0.1, 0.15) is 0 Å². The van der Waals surface area contributed by atoms with Gasteiger partial charge in [-0.15, -0.1) is 0 Å². The summed E-state index contributed by atoms with van der Waals surface area (Å²) < 4.78 is 0. The predicted octanol–water partition coefficient (Wildman–Crippen LogP) is 0.337. The monoisotopic (exact) mass is 70.1 g/mol. The summed E-state index contributed by atoms with van der Waals surface area (Å²) >= 11 is 0. The van der Waals surface area contributed by atoms with Crippen LogP contribution in [0.5, 0.6) is 0 Å². The van der Waals surface area contributed by atoms with Crippen LogP contribution in [0.25, 0.3) is 0 Å². The summed E-state index contributed by atoms with van der Waals surface area (Å²) in [5.74, 6) is 0. The molecular formula is C3H6N2. The fourth-order valence-corrected chi connectivity index (χ4v) is 0.0745. The summed E-state index contributed by atoms with van der Waals surface area (Å²) in [7, 11) is 1.63. The second-order valence-electron chi connectivity index (χ2n) is 0.574. The molecule has 2 heteroatoms. The zero-order valence-corrected chi connectivity index (χ0v) is 3.10. The van der Waals surface area contributed by atoms with Crippen molar-refractivity contribution < 1.29 is 0 Å². The first-order chi connectivity index (χ1) is 2.41. The maximum atomic E-state index is 6.33. The maximum Gasteiger partial charge on any atom is 0.0384 e. The topological polar surface area (TPSA) is 36.2 Å². The third-order valence-electron chi connectivity index (χ3n) is 0.224. The first kappa shape index (κ1) is 4.34. The van der Waals surface area contributed by atoms with E-state index in [2.05, 4.69) is 4.99 Å². The molecule has 0 rings (SSSR count). The quantitative estimate of drug-likeness (QED) is 0.432. The van der Waals surface area contributed by atoms with E-state index in [0.717, 1.165) is 6.21 Å². The SMILES string of the molecule is C/N=C/C=N. The van der Waals surface area contributed by atoms with Crippen molar-refractivity contribution in [3.05, 3.63) is 0 Å². The Labute approximate surface area is 31.0 Å². The first-order valence-corrected chi connectivity index (χ1v) is 1.33. The lowest BCUT2D eigenvalue weighted by Gasteiger charge is -1.57. The molecule has 28 valence electrons. The van der Waals surface area contributed by atoms with Crippen molar-refractivity contribution in [1.82, 2.24) is 0 Å². The van der Waals surface area contributed by atoms with E-state index in [1.807, 2.05) is 0 Å². The molecule has 1 N–H and O–H groups in total. The summed E-state index contributed by atoms with van der Waals surface area (Å²) in [5.41, 5.74) is 0. The Morgan fingerprint density at radius 1 is 1.80 bits per heavy atom. The largest absolute Gasteiger partial charge is 0.307 e. The van der Waals surface area contributed by atoms with Crippen molar-refractivity contribution in [2.24, 2.45) is 4.99 Å². The van der Waals surface area contributed by atoms with Gasteiger partial charge in [0.2, 0.25) is 0 Å². The number of hydrogen-bond donors (Lipinski definition) is 1. The van der Waals surface area contributed by atoms with Crippen LogP contribution in [-0.2, 0) is 0 Å². The van der Waals surface area contributed by atoms with Crippen molar-refractivity contribution in [3.63, 3.8) is 0 Å². The molecule has 0 aliphatic carbocycles. The van der Waals surface area contributed by atoms with E-state index < -0.39 is 0 Å². The van der Waals surface area contributed by atoms with Gasteiger partial charge in [0.05, 0.1) is 0 Å². The Bertz CT molecular complexity index is 46.9. The normalized spacial score (nSPS) is 9.00. The Morgan fingerprint density at radius 2 is 2.40 bits per heavy atom. The molecule has 0 aromatic carbocycles. The number of aliphatic imine (C=N–C) groups is 1. The van der Waals surface area contributed by atoms with Crippen LogP contribution in [0.1, 0.15) is 0 Å². The predicted molar refractivity (Wildman–Crippen MR) is 23.2 cm³/mol. The molecule has 0 unspecified atom stereocenters. The summed E-state index contributed by atoms with van der Waals surface area (Å²) in [6, 6.07) is 0. The van der Waals surface area contributed by atoms with E-state index in [4.69, 9.17) is 5.41 Å². The highest BCUT2D eigenvalue weighted by atomic mass is 14.6. The Morgan fingerprint density at radius 3 is 2.40 bits per heavy atom. The molecule has 0 heterocycles.